The highest BCUT2D eigenvalue weighted by molar-refractivity contribution is 5.70. The summed E-state index contributed by atoms with van der Waals surface area (Å²) in [5.74, 6) is -0.808. The second-order valence-electron chi connectivity index (χ2n) is 7.01. The first-order valence-electron chi connectivity index (χ1n) is 9.02. The van der Waals surface area contributed by atoms with Crippen LogP contribution in [0.4, 0.5) is 13.2 Å². The highest BCUT2D eigenvalue weighted by Gasteiger charge is 2.57. The summed E-state index contributed by atoms with van der Waals surface area (Å²) in [7, 11) is 0. The maximum Gasteiger partial charge on any atom is 0.453 e. The minimum Gasteiger partial charge on any atom is -0.323 e. The Bertz CT molecular complexity index is 972. The van der Waals surface area contributed by atoms with Gasteiger partial charge in [0.1, 0.15) is 11.7 Å². The Morgan fingerprint density at radius 2 is 1.81 bits per heavy atom. The zero-order valence-corrected chi connectivity index (χ0v) is 14.9. The van der Waals surface area contributed by atoms with E-state index in [4.69, 9.17) is 0 Å². The molecule has 1 unspecified atom stereocenters. The molecule has 27 heavy (non-hydrogen) atoms. The SMILES string of the molecule is CCC1(CC)C2N3C=CC=CC3=C3C=CC=C(c4nc(C(F)(F)F)nn41)N32. The first kappa shape index (κ1) is 16.4. The number of rotatable bonds is 2. The second kappa shape index (κ2) is 5.15. The van der Waals surface area contributed by atoms with Crippen LogP contribution in [0.2, 0.25) is 0 Å². The number of fused-ring (bicyclic) bond motifs is 4. The smallest absolute Gasteiger partial charge is 0.323 e. The largest absolute Gasteiger partial charge is 0.453 e. The van der Waals surface area contributed by atoms with E-state index in [1.54, 1.807) is 0 Å². The van der Waals surface area contributed by atoms with Crippen molar-refractivity contribution in [1.82, 2.24) is 24.6 Å². The Labute approximate surface area is 154 Å². The molecule has 0 saturated carbocycles. The van der Waals surface area contributed by atoms with Gasteiger partial charge in [0, 0.05) is 6.20 Å². The molecule has 5 nitrogen and oxygen atoms in total. The zero-order valence-electron chi connectivity index (χ0n) is 14.9. The lowest BCUT2D eigenvalue weighted by Gasteiger charge is -2.51. The molecule has 0 bridgehead atoms. The summed E-state index contributed by atoms with van der Waals surface area (Å²) < 4.78 is 41.7. The topological polar surface area (TPSA) is 37.2 Å². The van der Waals surface area contributed by atoms with Gasteiger partial charge in [-0.15, -0.1) is 5.10 Å². The van der Waals surface area contributed by atoms with Crippen molar-refractivity contribution in [2.45, 2.75) is 44.6 Å². The van der Waals surface area contributed by atoms with Crippen molar-refractivity contribution in [2.24, 2.45) is 0 Å². The van der Waals surface area contributed by atoms with Crippen LogP contribution in [-0.4, -0.2) is 30.7 Å². The van der Waals surface area contributed by atoms with Crippen LogP contribution in [0.15, 0.2) is 54.1 Å². The van der Waals surface area contributed by atoms with E-state index in [-0.39, 0.29) is 12.0 Å². The van der Waals surface area contributed by atoms with Crippen LogP contribution in [0.1, 0.15) is 38.3 Å². The number of aromatic nitrogens is 3. The lowest BCUT2D eigenvalue weighted by molar-refractivity contribution is -0.145. The number of hydrogen-bond donors (Lipinski definition) is 0. The van der Waals surface area contributed by atoms with Gasteiger partial charge in [-0.25, -0.2) is 9.67 Å². The summed E-state index contributed by atoms with van der Waals surface area (Å²) in [6.45, 7) is 4.00. The zero-order chi connectivity index (χ0) is 19.0. The van der Waals surface area contributed by atoms with E-state index in [1.807, 2.05) is 56.5 Å². The average molecular weight is 373 g/mol. The van der Waals surface area contributed by atoms with Crippen LogP contribution in [-0.2, 0) is 11.7 Å². The summed E-state index contributed by atoms with van der Waals surface area (Å²) in [6, 6.07) is 0. The molecule has 1 aromatic rings. The lowest BCUT2D eigenvalue weighted by atomic mass is 9.85. The molecule has 5 rings (SSSR count). The molecule has 4 aliphatic rings. The monoisotopic (exact) mass is 373 g/mol. The van der Waals surface area contributed by atoms with E-state index in [1.165, 1.54) is 4.68 Å². The summed E-state index contributed by atoms with van der Waals surface area (Å²) >= 11 is 0. The predicted octanol–water partition coefficient (Wildman–Crippen LogP) is 3.98. The molecule has 8 heteroatoms. The molecule has 0 aliphatic carbocycles. The maximum absolute atomic E-state index is 13.4. The van der Waals surface area contributed by atoms with Crippen molar-refractivity contribution in [3.8, 4) is 0 Å². The van der Waals surface area contributed by atoms with Gasteiger partial charge < -0.3 is 9.80 Å². The molecule has 0 amide bonds. The maximum atomic E-state index is 13.4. The Balaban J connectivity index is 1.82. The lowest BCUT2D eigenvalue weighted by Crippen LogP contribution is -2.60. The van der Waals surface area contributed by atoms with E-state index in [0.29, 0.717) is 18.5 Å². The number of alkyl halides is 3. The number of nitrogens with zero attached hydrogens (tertiary/aromatic N) is 5. The first-order chi connectivity index (χ1) is 12.9. The highest BCUT2D eigenvalue weighted by Crippen LogP contribution is 2.52. The molecule has 140 valence electrons. The molecule has 1 aromatic heterocycles. The summed E-state index contributed by atoms with van der Waals surface area (Å²) in [4.78, 5) is 8.18. The Hall–Kier alpha value is -2.77. The Morgan fingerprint density at radius 3 is 2.52 bits per heavy atom. The van der Waals surface area contributed by atoms with Gasteiger partial charge in [-0.05, 0) is 37.1 Å². The number of allylic oxidation sites excluding steroid dienone is 6. The van der Waals surface area contributed by atoms with Gasteiger partial charge in [-0.2, -0.15) is 13.2 Å². The molecule has 4 aliphatic heterocycles. The molecular formula is C19H18F3N5. The molecule has 0 N–H and O–H groups in total. The van der Waals surface area contributed by atoms with Gasteiger partial charge in [0.15, 0.2) is 5.82 Å². The molecule has 0 aromatic carbocycles. The van der Waals surface area contributed by atoms with Gasteiger partial charge in [0.2, 0.25) is 0 Å². The van der Waals surface area contributed by atoms with Gasteiger partial charge >= 0.3 is 6.18 Å². The first-order valence-corrected chi connectivity index (χ1v) is 9.02. The summed E-state index contributed by atoms with van der Waals surface area (Å²) in [5, 5.41) is 3.96. The molecule has 5 heterocycles. The van der Waals surface area contributed by atoms with Crippen molar-refractivity contribution in [3.63, 3.8) is 0 Å². The fourth-order valence-corrected chi connectivity index (χ4v) is 4.62. The van der Waals surface area contributed by atoms with Crippen molar-refractivity contribution < 1.29 is 13.2 Å². The minimum absolute atomic E-state index is 0.190. The Morgan fingerprint density at radius 1 is 1.07 bits per heavy atom. The van der Waals surface area contributed by atoms with Crippen LogP contribution in [0.3, 0.4) is 0 Å². The van der Waals surface area contributed by atoms with Gasteiger partial charge in [-0.3, -0.25) is 0 Å². The molecule has 0 fully saturated rings. The molecule has 0 saturated heterocycles. The van der Waals surface area contributed by atoms with E-state index < -0.39 is 17.5 Å². The quantitative estimate of drug-likeness (QED) is 0.786. The van der Waals surface area contributed by atoms with Crippen LogP contribution >= 0.6 is 0 Å². The summed E-state index contributed by atoms with van der Waals surface area (Å²) in [6.07, 6.45) is 10.1. The predicted molar refractivity (Wildman–Crippen MR) is 93.5 cm³/mol. The van der Waals surface area contributed by atoms with E-state index in [0.717, 1.165) is 11.4 Å². The van der Waals surface area contributed by atoms with E-state index in [2.05, 4.69) is 19.9 Å². The van der Waals surface area contributed by atoms with E-state index in [9.17, 15) is 13.2 Å². The third-order valence-electron chi connectivity index (χ3n) is 5.90. The molecule has 0 spiro atoms. The average Bonchev–Trinajstić information content (AvgIpc) is 3.26. The van der Waals surface area contributed by atoms with Crippen molar-refractivity contribution in [1.29, 1.82) is 0 Å². The number of halogens is 3. The normalized spacial score (nSPS) is 24.2. The molecule has 1 atom stereocenters. The minimum atomic E-state index is -4.58. The second-order valence-corrected chi connectivity index (χ2v) is 7.01. The van der Waals surface area contributed by atoms with Crippen molar-refractivity contribution in [2.75, 3.05) is 0 Å². The molecular weight excluding hydrogens is 355 g/mol. The fraction of sp³-hybridized carbons (Fsp3) is 0.368. The van der Waals surface area contributed by atoms with Crippen LogP contribution in [0.5, 0.6) is 0 Å². The van der Waals surface area contributed by atoms with Crippen molar-refractivity contribution in [3.05, 3.63) is 65.7 Å². The highest BCUT2D eigenvalue weighted by atomic mass is 19.4. The van der Waals surface area contributed by atoms with Crippen molar-refractivity contribution >= 4 is 5.70 Å². The standard InChI is InChI=1S/C19H18F3N5/c1-3-18(4-2)17-25-11-6-5-8-12(25)13-9-7-10-14(26(13)17)15-23-16(19(20,21)22)24-27(15)18/h5-11,17H,3-4H2,1-2H3. The third-order valence-corrected chi connectivity index (χ3v) is 5.90. The third kappa shape index (κ3) is 1.90. The van der Waals surface area contributed by atoms with Crippen LogP contribution in [0.25, 0.3) is 5.70 Å². The van der Waals surface area contributed by atoms with Gasteiger partial charge in [-0.1, -0.05) is 26.0 Å². The van der Waals surface area contributed by atoms with Gasteiger partial charge in [0.05, 0.1) is 17.1 Å². The summed E-state index contributed by atoms with van der Waals surface area (Å²) in [5.41, 5.74) is 2.03. The fourth-order valence-electron chi connectivity index (χ4n) is 4.62. The van der Waals surface area contributed by atoms with Crippen LogP contribution in [0, 0.1) is 0 Å². The van der Waals surface area contributed by atoms with Crippen LogP contribution < -0.4 is 0 Å². The van der Waals surface area contributed by atoms with Gasteiger partial charge in [0.25, 0.3) is 5.82 Å². The van der Waals surface area contributed by atoms with E-state index >= 15 is 0 Å². The Kier molecular flexibility index (Phi) is 3.13. The number of hydrogen-bond acceptors (Lipinski definition) is 4. The molecule has 0 radical (unpaired) electrons.